The van der Waals surface area contributed by atoms with E-state index in [0.29, 0.717) is 5.82 Å². The van der Waals surface area contributed by atoms with Gasteiger partial charge in [-0.15, -0.1) is 0 Å². The van der Waals surface area contributed by atoms with E-state index in [1.54, 1.807) is 12.3 Å². The fraction of sp³-hybridized carbons (Fsp3) is 0. The number of hydrogen-bond donors (Lipinski definition) is 1. The van der Waals surface area contributed by atoms with E-state index in [2.05, 4.69) is 4.98 Å². The molecule has 0 aliphatic heterocycles. The zero-order valence-electron chi connectivity index (χ0n) is 3.83. The van der Waals surface area contributed by atoms with E-state index in [9.17, 15) is 0 Å². The van der Waals surface area contributed by atoms with Crippen molar-refractivity contribution in [3.63, 3.8) is 0 Å². The SMILES string of the molecule is [15NH2]c1ccccn1. The van der Waals surface area contributed by atoms with Crippen LogP contribution in [0.1, 0.15) is 0 Å². The second-order valence-electron chi connectivity index (χ2n) is 1.25. The van der Waals surface area contributed by atoms with Gasteiger partial charge in [0, 0.05) is 6.20 Å². The van der Waals surface area contributed by atoms with Gasteiger partial charge in [0.2, 0.25) is 0 Å². The van der Waals surface area contributed by atoms with E-state index in [-0.39, 0.29) is 0 Å². The average molecular weight is 95.1 g/mol. The molecule has 0 saturated heterocycles. The van der Waals surface area contributed by atoms with Gasteiger partial charge < -0.3 is 5.73 Å². The molecule has 0 saturated carbocycles. The summed E-state index contributed by atoms with van der Waals surface area (Å²) >= 11 is 0. The number of rotatable bonds is 0. The second kappa shape index (κ2) is 1.60. The maximum Gasteiger partial charge on any atom is 0.123 e. The molecule has 1 aromatic rings. The highest BCUT2D eigenvalue weighted by Crippen LogP contribution is 1.89. The Labute approximate surface area is 42.0 Å². The lowest BCUT2D eigenvalue weighted by Gasteiger charge is -1.82. The third-order valence-electron chi connectivity index (χ3n) is 0.688. The lowest BCUT2D eigenvalue weighted by molar-refractivity contribution is 1.34. The molecule has 0 aliphatic carbocycles. The highest BCUT2D eigenvalue weighted by atomic mass is 15.4. The summed E-state index contributed by atoms with van der Waals surface area (Å²) in [7, 11) is 0. The van der Waals surface area contributed by atoms with Crippen molar-refractivity contribution >= 4 is 5.82 Å². The number of aromatic nitrogens is 1. The van der Waals surface area contributed by atoms with E-state index in [0.717, 1.165) is 0 Å². The Morgan fingerprint density at radius 1 is 1.43 bits per heavy atom. The maximum atomic E-state index is 5.25. The van der Waals surface area contributed by atoms with Crippen molar-refractivity contribution in [3.8, 4) is 0 Å². The third kappa shape index (κ3) is 0.892. The summed E-state index contributed by atoms with van der Waals surface area (Å²) in [4.78, 5) is 3.76. The predicted molar refractivity (Wildman–Crippen MR) is 28.6 cm³/mol. The summed E-state index contributed by atoms with van der Waals surface area (Å²) in [5, 5.41) is 0. The van der Waals surface area contributed by atoms with Crippen LogP contribution in [0.4, 0.5) is 5.82 Å². The molecule has 0 aliphatic rings. The van der Waals surface area contributed by atoms with Crippen LogP contribution in [0.3, 0.4) is 0 Å². The molecule has 1 heterocycles. The van der Waals surface area contributed by atoms with Crippen LogP contribution in [0.25, 0.3) is 0 Å². The molecule has 7 heavy (non-hydrogen) atoms. The fourth-order valence-electron chi connectivity index (χ4n) is 0.376. The van der Waals surface area contributed by atoms with Gasteiger partial charge in [-0.3, -0.25) is 0 Å². The minimum atomic E-state index is 0.572. The molecule has 2 N–H and O–H groups in total. The first kappa shape index (κ1) is 4.12. The molecule has 36 valence electrons. The number of pyridine rings is 1. The van der Waals surface area contributed by atoms with E-state index in [1.807, 2.05) is 12.1 Å². The summed E-state index contributed by atoms with van der Waals surface area (Å²) < 4.78 is 0. The Balaban J connectivity index is 3.02. The van der Waals surface area contributed by atoms with E-state index < -0.39 is 0 Å². The summed E-state index contributed by atoms with van der Waals surface area (Å²) in [6.07, 6.45) is 1.66. The number of nitrogens with two attached hydrogens (primary N) is 1. The zero-order chi connectivity index (χ0) is 5.11. The first-order chi connectivity index (χ1) is 3.39. The quantitative estimate of drug-likeness (QED) is 0.481. The Bertz CT molecular complexity index is 136. The minimum absolute atomic E-state index is 0.572. The van der Waals surface area contributed by atoms with Crippen LogP contribution in [-0.4, -0.2) is 4.98 Å². The number of nitrogens with zero attached hydrogens (tertiary/aromatic N) is 1. The number of nitrogen functional groups attached to an aromatic ring is 1. The maximum absolute atomic E-state index is 5.25. The lowest BCUT2D eigenvalue weighted by Crippen LogP contribution is -1.85. The predicted octanol–water partition coefficient (Wildman–Crippen LogP) is 0.664. The zero-order valence-corrected chi connectivity index (χ0v) is 3.83. The molecule has 0 fully saturated rings. The lowest BCUT2D eigenvalue weighted by atomic mass is 10.5. The van der Waals surface area contributed by atoms with Crippen LogP contribution in [0.2, 0.25) is 0 Å². The third-order valence-corrected chi connectivity index (χ3v) is 0.688. The van der Waals surface area contributed by atoms with Gasteiger partial charge in [0.1, 0.15) is 5.82 Å². The van der Waals surface area contributed by atoms with Gasteiger partial charge in [0.25, 0.3) is 0 Å². The highest BCUT2D eigenvalue weighted by molar-refractivity contribution is 5.25. The first-order valence-electron chi connectivity index (χ1n) is 2.06. The molecule has 0 bridgehead atoms. The molecule has 1 rings (SSSR count). The van der Waals surface area contributed by atoms with Crippen LogP contribution in [0.15, 0.2) is 24.4 Å². The van der Waals surface area contributed by atoms with Crippen molar-refractivity contribution in [2.75, 3.05) is 5.73 Å². The molecule has 2 heteroatoms. The number of hydrogen-bond acceptors (Lipinski definition) is 2. The molecular formula is C5H6N2. The molecule has 0 unspecified atom stereocenters. The molecule has 0 amide bonds. The Hall–Kier alpha value is -1.05. The summed E-state index contributed by atoms with van der Waals surface area (Å²) in [5.41, 5.74) is 5.25. The molecular weight excluding hydrogens is 89.1 g/mol. The van der Waals surface area contributed by atoms with Gasteiger partial charge >= 0.3 is 0 Å². The second-order valence-corrected chi connectivity index (χ2v) is 1.25. The van der Waals surface area contributed by atoms with E-state index in [1.165, 1.54) is 0 Å². The van der Waals surface area contributed by atoms with Crippen molar-refractivity contribution in [2.45, 2.75) is 0 Å². The Morgan fingerprint density at radius 3 is 2.57 bits per heavy atom. The molecule has 0 atom stereocenters. The van der Waals surface area contributed by atoms with Gasteiger partial charge in [-0.1, -0.05) is 6.07 Å². The Kier molecular flexibility index (Phi) is 0.941. The van der Waals surface area contributed by atoms with Gasteiger partial charge in [-0.2, -0.15) is 0 Å². The normalized spacial score (nSPS) is 8.57. The standard InChI is InChI=1S/C5H6N2/c6-5-3-1-2-4-7-5/h1-4H,(H2,6,7)/i6+1. The smallest absolute Gasteiger partial charge is 0.123 e. The molecule has 0 spiro atoms. The van der Waals surface area contributed by atoms with E-state index in [4.69, 9.17) is 5.73 Å². The van der Waals surface area contributed by atoms with Crippen molar-refractivity contribution in [1.29, 1.82) is 0 Å². The fourth-order valence-corrected chi connectivity index (χ4v) is 0.376. The van der Waals surface area contributed by atoms with E-state index >= 15 is 0 Å². The molecule has 0 radical (unpaired) electrons. The highest BCUT2D eigenvalue weighted by Gasteiger charge is 1.73. The van der Waals surface area contributed by atoms with Crippen LogP contribution in [0.5, 0.6) is 0 Å². The van der Waals surface area contributed by atoms with Crippen molar-refractivity contribution in [1.82, 2.24) is 4.98 Å². The van der Waals surface area contributed by atoms with Gasteiger partial charge in [0.05, 0.1) is 0 Å². The van der Waals surface area contributed by atoms with Gasteiger partial charge in [-0.25, -0.2) is 4.98 Å². The van der Waals surface area contributed by atoms with Crippen molar-refractivity contribution in [3.05, 3.63) is 24.4 Å². The first-order valence-corrected chi connectivity index (χ1v) is 2.06. The van der Waals surface area contributed by atoms with Crippen molar-refractivity contribution in [2.24, 2.45) is 0 Å². The monoisotopic (exact) mass is 95.1 g/mol. The van der Waals surface area contributed by atoms with Crippen LogP contribution in [-0.2, 0) is 0 Å². The molecule has 1 aromatic heterocycles. The molecule has 2 nitrogen and oxygen atoms in total. The van der Waals surface area contributed by atoms with Crippen molar-refractivity contribution < 1.29 is 0 Å². The summed E-state index contributed by atoms with van der Waals surface area (Å²) in [5.74, 6) is 0.572. The Morgan fingerprint density at radius 2 is 2.29 bits per heavy atom. The van der Waals surface area contributed by atoms with Gasteiger partial charge in [0.15, 0.2) is 0 Å². The topological polar surface area (TPSA) is 38.9 Å². The molecule has 0 aromatic carbocycles. The largest absolute Gasteiger partial charge is 0.384 e. The minimum Gasteiger partial charge on any atom is -0.384 e. The van der Waals surface area contributed by atoms with Crippen LogP contribution >= 0.6 is 0 Å². The number of anilines is 1. The van der Waals surface area contributed by atoms with Crippen LogP contribution < -0.4 is 5.73 Å². The van der Waals surface area contributed by atoms with Gasteiger partial charge in [-0.05, 0) is 12.1 Å². The summed E-state index contributed by atoms with van der Waals surface area (Å²) in [6, 6.07) is 5.43. The average Bonchev–Trinajstić information content (AvgIpc) is 1.69. The van der Waals surface area contributed by atoms with Crippen LogP contribution in [0, 0.1) is 0 Å². The summed E-state index contributed by atoms with van der Waals surface area (Å²) in [6.45, 7) is 0.